The van der Waals surface area contributed by atoms with Crippen molar-refractivity contribution in [2.24, 2.45) is 5.92 Å². The lowest BCUT2D eigenvalue weighted by atomic mass is 9.96. The summed E-state index contributed by atoms with van der Waals surface area (Å²) in [4.78, 5) is 4.45. The molecule has 0 spiro atoms. The van der Waals surface area contributed by atoms with Crippen LogP contribution in [0.5, 0.6) is 0 Å². The van der Waals surface area contributed by atoms with Crippen molar-refractivity contribution in [2.75, 3.05) is 0 Å². The molecule has 6 nitrogen and oxygen atoms in total. The van der Waals surface area contributed by atoms with Crippen molar-refractivity contribution >= 4 is 11.8 Å². The molecule has 0 aliphatic carbocycles. The van der Waals surface area contributed by atoms with Crippen LogP contribution in [0.2, 0.25) is 0 Å². The summed E-state index contributed by atoms with van der Waals surface area (Å²) in [7, 11) is 0. The number of halogens is 1. The highest BCUT2D eigenvalue weighted by molar-refractivity contribution is 7.98. The first-order chi connectivity index (χ1) is 12.8. The Bertz CT molecular complexity index is 913. The molecule has 0 saturated carbocycles. The van der Waals surface area contributed by atoms with E-state index in [2.05, 4.69) is 34.2 Å². The van der Waals surface area contributed by atoms with Gasteiger partial charge in [-0.15, -0.1) is 10.2 Å². The van der Waals surface area contributed by atoms with Crippen LogP contribution < -0.4 is 0 Å². The van der Waals surface area contributed by atoms with Crippen LogP contribution in [0.1, 0.15) is 46.3 Å². The van der Waals surface area contributed by atoms with Gasteiger partial charge < -0.3 is 9.09 Å². The lowest BCUT2D eigenvalue weighted by molar-refractivity contribution is 0.372. The maximum atomic E-state index is 14.2. The average Bonchev–Trinajstić information content (AvgIpc) is 3.20. The predicted octanol–water partition coefficient (Wildman–Crippen LogP) is 4.71. The summed E-state index contributed by atoms with van der Waals surface area (Å²) in [6.07, 6.45) is 0. The van der Waals surface area contributed by atoms with Gasteiger partial charge in [-0.05, 0) is 18.1 Å². The molecule has 0 radical (unpaired) electrons. The first kappa shape index (κ1) is 19.5. The van der Waals surface area contributed by atoms with Gasteiger partial charge in [-0.1, -0.05) is 63.7 Å². The number of hydrogen-bond acceptors (Lipinski definition) is 6. The Morgan fingerprint density at radius 2 is 1.93 bits per heavy atom. The summed E-state index contributed by atoms with van der Waals surface area (Å²) in [5.74, 6) is 2.28. The topological polar surface area (TPSA) is 69.6 Å². The highest BCUT2D eigenvalue weighted by atomic mass is 32.2. The Morgan fingerprint density at radius 1 is 1.19 bits per heavy atom. The average molecular weight is 390 g/mol. The van der Waals surface area contributed by atoms with Crippen LogP contribution in [0, 0.1) is 11.7 Å². The molecule has 8 heteroatoms. The molecule has 3 aromatic rings. The lowest BCUT2D eigenvalue weighted by Gasteiger charge is -2.12. The zero-order chi connectivity index (χ0) is 19.6. The van der Waals surface area contributed by atoms with E-state index in [0.29, 0.717) is 46.5 Å². The monoisotopic (exact) mass is 389 g/mol. The minimum Gasteiger partial charge on any atom is -0.338 e. The maximum Gasteiger partial charge on any atom is 0.237 e. The van der Waals surface area contributed by atoms with E-state index in [-0.39, 0.29) is 11.2 Å². The highest BCUT2D eigenvalue weighted by Gasteiger charge is 2.22. The molecule has 0 fully saturated rings. The second-order valence-electron chi connectivity index (χ2n) is 7.84. The molecule has 144 valence electrons. The van der Waals surface area contributed by atoms with Crippen molar-refractivity contribution in [3.05, 3.63) is 41.8 Å². The molecule has 0 N–H and O–H groups in total. The fraction of sp³-hybridized carbons (Fsp3) is 0.474. The van der Waals surface area contributed by atoms with Gasteiger partial charge in [0.05, 0.1) is 11.3 Å². The van der Waals surface area contributed by atoms with E-state index < -0.39 is 0 Å². The number of rotatable bonds is 6. The first-order valence-corrected chi connectivity index (χ1v) is 9.88. The minimum atomic E-state index is -0.307. The van der Waals surface area contributed by atoms with Gasteiger partial charge >= 0.3 is 0 Å². The third-order valence-corrected chi connectivity index (χ3v) is 4.79. The molecule has 0 amide bonds. The van der Waals surface area contributed by atoms with Crippen LogP contribution in [0.4, 0.5) is 4.39 Å². The van der Waals surface area contributed by atoms with Crippen molar-refractivity contribution in [2.45, 2.75) is 57.5 Å². The Kier molecular flexibility index (Phi) is 5.64. The van der Waals surface area contributed by atoms with Crippen molar-refractivity contribution in [1.82, 2.24) is 24.9 Å². The van der Waals surface area contributed by atoms with Gasteiger partial charge in [0.1, 0.15) is 5.82 Å². The summed E-state index contributed by atoms with van der Waals surface area (Å²) < 4.78 is 21.5. The van der Waals surface area contributed by atoms with E-state index in [1.807, 2.05) is 25.3 Å². The van der Waals surface area contributed by atoms with Gasteiger partial charge in [-0.25, -0.2) is 4.39 Å². The van der Waals surface area contributed by atoms with Crippen LogP contribution in [-0.2, 0) is 17.7 Å². The molecule has 2 aromatic heterocycles. The fourth-order valence-electron chi connectivity index (χ4n) is 2.51. The maximum absolute atomic E-state index is 14.2. The zero-order valence-electron chi connectivity index (χ0n) is 16.2. The molecule has 0 unspecified atom stereocenters. The summed E-state index contributed by atoms with van der Waals surface area (Å²) in [6, 6.07) is 6.62. The van der Waals surface area contributed by atoms with Crippen molar-refractivity contribution in [3.8, 4) is 11.4 Å². The van der Waals surface area contributed by atoms with Crippen LogP contribution in [0.25, 0.3) is 11.4 Å². The van der Waals surface area contributed by atoms with Crippen LogP contribution >= 0.6 is 11.8 Å². The van der Waals surface area contributed by atoms with Crippen molar-refractivity contribution in [1.29, 1.82) is 0 Å². The number of hydrogen-bond donors (Lipinski definition) is 0. The standard InChI is InChI=1S/C19H24FN5OS/c1-12(2)10-25-16(13-8-6-7-9-14(13)20)22-23-18(25)27-11-15-21-17(24-26-15)19(3,4)5/h6-9,12H,10-11H2,1-5H3. The number of benzene rings is 1. The zero-order valence-corrected chi connectivity index (χ0v) is 17.0. The van der Waals surface area contributed by atoms with Gasteiger partial charge in [0.2, 0.25) is 5.89 Å². The molecule has 3 rings (SSSR count). The van der Waals surface area contributed by atoms with E-state index in [4.69, 9.17) is 4.52 Å². The molecule has 27 heavy (non-hydrogen) atoms. The second kappa shape index (κ2) is 7.80. The Morgan fingerprint density at radius 3 is 2.56 bits per heavy atom. The van der Waals surface area contributed by atoms with E-state index in [1.54, 1.807) is 18.2 Å². The molecule has 0 bridgehead atoms. The van der Waals surface area contributed by atoms with Gasteiger partial charge in [0.15, 0.2) is 16.8 Å². The summed E-state index contributed by atoms with van der Waals surface area (Å²) >= 11 is 1.46. The van der Waals surface area contributed by atoms with E-state index in [1.165, 1.54) is 17.8 Å². The molecular formula is C19H24FN5OS. The number of aromatic nitrogens is 5. The SMILES string of the molecule is CC(C)Cn1c(SCc2nc(C(C)(C)C)no2)nnc1-c1ccccc1F. The Hall–Kier alpha value is -2.22. The van der Waals surface area contributed by atoms with E-state index in [9.17, 15) is 4.39 Å². The molecule has 0 aliphatic rings. The Balaban J connectivity index is 1.85. The first-order valence-electron chi connectivity index (χ1n) is 8.89. The van der Waals surface area contributed by atoms with Crippen LogP contribution in [0.3, 0.4) is 0 Å². The smallest absolute Gasteiger partial charge is 0.237 e. The number of nitrogens with zero attached hydrogens (tertiary/aromatic N) is 5. The summed E-state index contributed by atoms with van der Waals surface area (Å²) in [6.45, 7) is 11.0. The summed E-state index contributed by atoms with van der Waals surface area (Å²) in [5.41, 5.74) is 0.285. The van der Waals surface area contributed by atoms with Crippen LogP contribution in [-0.4, -0.2) is 24.9 Å². The molecule has 0 atom stereocenters. The third-order valence-electron chi connectivity index (χ3n) is 3.84. The second-order valence-corrected chi connectivity index (χ2v) is 8.78. The van der Waals surface area contributed by atoms with Gasteiger partial charge in [0.25, 0.3) is 0 Å². The van der Waals surface area contributed by atoms with Crippen molar-refractivity contribution in [3.63, 3.8) is 0 Å². The van der Waals surface area contributed by atoms with Crippen molar-refractivity contribution < 1.29 is 8.91 Å². The largest absolute Gasteiger partial charge is 0.338 e. The van der Waals surface area contributed by atoms with E-state index in [0.717, 1.165) is 0 Å². The minimum absolute atomic E-state index is 0.165. The normalized spacial score (nSPS) is 12.1. The number of thioether (sulfide) groups is 1. The quantitative estimate of drug-likeness (QED) is 0.569. The highest BCUT2D eigenvalue weighted by Crippen LogP contribution is 2.29. The van der Waals surface area contributed by atoms with E-state index >= 15 is 0 Å². The molecule has 0 saturated heterocycles. The lowest BCUT2D eigenvalue weighted by Crippen LogP contribution is -2.13. The molecule has 0 aliphatic heterocycles. The molecular weight excluding hydrogens is 365 g/mol. The summed E-state index contributed by atoms with van der Waals surface area (Å²) in [5, 5.41) is 13.3. The van der Waals surface area contributed by atoms with Gasteiger partial charge in [-0.2, -0.15) is 4.98 Å². The van der Waals surface area contributed by atoms with Crippen LogP contribution in [0.15, 0.2) is 33.9 Å². The Labute approximate surface area is 162 Å². The van der Waals surface area contributed by atoms with Gasteiger partial charge in [-0.3, -0.25) is 0 Å². The predicted molar refractivity (Wildman–Crippen MR) is 103 cm³/mol. The third kappa shape index (κ3) is 4.55. The van der Waals surface area contributed by atoms with Gasteiger partial charge in [0, 0.05) is 12.0 Å². The molecule has 1 aromatic carbocycles. The molecule has 2 heterocycles. The fourth-order valence-corrected chi connectivity index (χ4v) is 3.30.